The number of hydrogen-bond acceptors (Lipinski definition) is 5. The van der Waals surface area contributed by atoms with Crippen LogP contribution in [0.25, 0.3) is 14.7 Å². The molecule has 0 N–H and O–H groups in total. The average molecular weight is 356 g/mol. The van der Waals surface area contributed by atoms with Gasteiger partial charge in [-0.25, -0.2) is 18.5 Å². The first kappa shape index (κ1) is 15.4. The molecule has 0 spiro atoms. The molecular weight excluding hydrogens is 348 g/mol. The van der Waals surface area contributed by atoms with Gasteiger partial charge in [-0.05, 0) is 40.6 Å². The third kappa shape index (κ3) is 2.66. The molecule has 3 heterocycles. The van der Waals surface area contributed by atoms with Crippen LogP contribution in [0.5, 0.6) is 0 Å². The van der Waals surface area contributed by atoms with Crippen molar-refractivity contribution in [3.8, 4) is 6.07 Å². The maximum Gasteiger partial charge on any atom is 0.269 e. The Kier molecular flexibility index (Phi) is 4.01. The van der Waals surface area contributed by atoms with Crippen molar-refractivity contribution < 1.29 is 8.42 Å². The van der Waals surface area contributed by atoms with Crippen molar-refractivity contribution in [1.29, 1.82) is 5.26 Å². The van der Waals surface area contributed by atoms with Crippen molar-refractivity contribution in [2.45, 2.75) is 0 Å². The van der Waals surface area contributed by atoms with Gasteiger partial charge in [-0.15, -0.1) is 22.7 Å². The second kappa shape index (κ2) is 5.98. The summed E-state index contributed by atoms with van der Waals surface area (Å²) in [4.78, 5) is 4.64. The second-order valence-corrected chi connectivity index (χ2v) is 8.28. The summed E-state index contributed by atoms with van der Waals surface area (Å²) in [5.74, 6) is 0. The molecule has 4 nitrogen and oxygen atoms in total. The number of hydrogen-bond donors (Lipinski definition) is 0. The summed E-state index contributed by atoms with van der Waals surface area (Å²) in [6.07, 6.45) is 2.82. The third-order valence-corrected chi connectivity index (χ3v) is 7.07. The molecule has 0 radical (unpaired) electrons. The Morgan fingerprint density at radius 1 is 1.09 bits per heavy atom. The molecule has 1 aliphatic heterocycles. The molecule has 0 saturated heterocycles. The summed E-state index contributed by atoms with van der Waals surface area (Å²) >= 11 is 2.61. The molecule has 0 saturated carbocycles. The van der Waals surface area contributed by atoms with Gasteiger partial charge < -0.3 is 0 Å². The molecule has 0 unspecified atom stereocenters. The fourth-order valence-corrected chi connectivity index (χ4v) is 5.82. The third-order valence-electron chi connectivity index (χ3n) is 3.17. The Morgan fingerprint density at radius 3 is 1.96 bits per heavy atom. The van der Waals surface area contributed by atoms with Gasteiger partial charge in [0.1, 0.15) is 0 Å². The quantitative estimate of drug-likeness (QED) is 0.595. The topological polar surface area (TPSA) is 62.3 Å². The first-order valence-electron chi connectivity index (χ1n) is 6.36. The highest BCUT2D eigenvalue weighted by Gasteiger charge is 2.31. The van der Waals surface area contributed by atoms with Crippen LogP contribution in [0.2, 0.25) is 0 Å². The highest BCUT2D eigenvalue weighted by atomic mass is 32.2. The van der Waals surface area contributed by atoms with Gasteiger partial charge in [0.15, 0.2) is 0 Å². The van der Waals surface area contributed by atoms with E-state index in [1.54, 1.807) is 35.0 Å². The Balaban J connectivity index is 2.32. The number of sulfone groups is 1. The molecule has 0 aromatic carbocycles. The lowest BCUT2D eigenvalue weighted by molar-refractivity contribution is 0.615. The molecule has 112 valence electrons. The molecule has 3 rings (SSSR count). The van der Waals surface area contributed by atoms with Gasteiger partial charge in [0.25, 0.3) is 5.70 Å². The van der Waals surface area contributed by atoms with Crippen molar-refractivity contribution in [2.75, 3.05) is 0 Å². The minimum atomic E-state index is -3.70. The fraction of sp³-hybridized carbons (Fsp3) is 0. The van der Waals surface area contributed by atoms with E-state index in [9.17, 15) is 8.42 Å². The first-order valence-corrected chi connectivity index (χ1v) is 9.60. The minimum absolute atomic E-state index is 0.122. The smallest absolute Gasteiger partial charge is 0.226 e. The van der Waals surface area contributed by atoms with Gasteiger partial charge in [0.2, 0.25) is 9.84 Å². The van der Waals surface area contributed by atoms with Crippen LogP contribution in [0.4, 0.5) is 0 Å². The van der Waals surface area contributed by atoms with Gasteiger partial charge >= 0.3 is 0 Å². The molecule has 0 aliphatic carbocycles. The van der Waals surface area contributed by atoms with Gasteiger partial charge in [-0.2, -0.15) is 0 Å². The Labute approximate surface area is 141 Å². The van der Waals surface area contributed by atoms with Gasteiger partial charge in [-0.3, -0.25) is 0 Å². The summed E-state index contributed by atoms with van der Waals surface area (Å²) < 4.78 is 25.9. The molecule has 2 aromatic rings. The lowest BCUT2D eigenvalue weighted by Gasteiger charge is -2.16. The van der Waals surface area contributed by atoms with E-state index < -0.39 is 9.84 Å². The van der Waals surface area contributed by atoms with Crippen LogP contribution in [-0.2, 0) is 9.84 Å². The zero-order valence-corrected chi connectivity index (χ0v) is 14.0. The van der Waals surface area contributed by atoms with Crippen molar-refractivity contribution >= 4 is 42.3 Å². The van der Waals surface area contributed by atoms with Crippen LogP contribution in [0.15, 0.2) is 58.4 Å². The number of rotatable bonds is 2. The van der Waals surface area contributed by atoms with Crippen LogP contribution < -0.4 is 0 Å². The molecule has 0 amide bonds. The van der Waals surface area contributed by atoms with Crippen molar-refractivity contribution in [1.82, 2.24) is 0 Å². The summed E-state index contributed by atoms with van der Waals surface area (Å²) in [7, 11) is -3.70. The van der Waals surface area contributed by atoms with E-state index in [1.165, 1.54) is 34.8 Å². The number of thiophene rings is 2. The number of nitrogens with zero attached hydrogens (tertiary/aromatic N) is 2. The molecule has 7 heteroatoms. The molecule has 0 atom stereocenters. The van der Waals surface area contributed by atoms with E-state index in [0.717, 1.165) is 0 Å². The highest BCUT2D eigenvalue weighted by Crippen LogP contribution is 2.41. The SMILES string of the molecule is [C-]#[N+]C(C#N)=C1C=C(c2cccs2)S(=O)(=O)C(c2cccs2)=C1. The second-order valence-electron chi connectivity index (χ2n) is 4.50. The summed E-state index contributed by atoms with van der Waals surface area (Å²) in [6.45, 7) is 7.12. The largest absolute Gasteiger partial charge is 0.269 e. The summed E-state index contributed by atoms with van der Waals surface area (Å²) in [6, 6.07) is 8.79. The van der Waals surface area contributed by atoms with E-state index in [-0.39, 0.29) is 15.5 Å². The molecular formula is C16H8N2O2S3. The van der Waals surface area contributed by atoms with Gasteiger partial charge in [0.05, 0.1) is 22.5 Å². The van der Waals surface area contributed by atoms with Crippen LogP contribution >= 0.6 is 22.7 Å². The molecule has 2 aromatic heterocycles. The molecule has 0 bridgehead atoms. The maximum absolute atomic E-state index is 12.9. The monoisotopic (exact) mass is 356 g/mol. The summed E-state index contributed by atoms with van der Waals surface area (Å²) in [5, 5.41) is 12.7. The minimum Gasteiger partial charge on any atom is -0.226 e. The summed E-state index contributed by atoms with van der Waals surface area (Å²) in [5.41, 5.74) is 0.201. The number of nitriles is 1. The van der Waals surface area contributed by atoms with E-state index in [2.05, 4.69) is 4.85 Å². The van der Waals surface area contributed by atoms with E-state index in [4.69, 9.17) is 11.8 Å². The first-order chi connectivity index (χ1) is 11.1. The fourth-order valence-electron chi connectivity index (χ4n) is 2.13. The van der Waals surface area contributed by atoms with Crippen molar-refractivity contribution in [2.24, 2.45) is 0 Å². The van der Waals surface area contributed by atoms with Gasteiger partial charge in [-0.1, -0.05) is 12.1 Å². The van der Waals surface area contributed by atoms with E-state index in [1.807, 2.05) is 6.07 Å². The zero-order chi connectivity index (χ0) is 16.4. The van der Waals surface area contributed by atoms with Gasteiger partial charge in [0, 0.05) is 9.75 Å². The van der Waals surface area contributed by atoms with Crippen LogP contribution in [0.3, 0.4) is 0 Å². The zero-order valence-electron chi connectivity index (χ0n) is 11.6. The van der Waals surface area contributed by atoms with Crippen LogP contribution in [-0.4, -0.2) is 8.42 Å². The molecule has 23 heavy (non-hydrogen) atoms. The predicted octanol–water partition coefficient (Wildman–Crippen LogP) is 4.32. The lowest BCUT2D eigenvalue weighted by atomic mass is 10.1. The Hall–Kier alpha value is -2.45. The standard InChI is InChI=1S/C16H8N2O2S3/c1-18-12(10-17)11-8-15(13-4-2-6-21-13)23(19,20)16(9-11)14-5-3-7-22-14/h2-9H. The van der Waals surface area contributed by atoms with E-state index in [0.29, 0.717) is 15.3 Å². The highest BCUT2D eigenvalue weighted by molar-refractivity contribution is 8.09. The van der Waals surface area contributed by atoms with Crippen LogP contribution in [0.1, 0.15) is 9.75 Å². The molecule has 0 fully saturated rings. The average Bonchev–Trinajstić information content (AvgIpc) is 3.22. The molecule has 1 aliphatic rings. The normalized spacial score (nSPS) is 16.0. The van der Waals surface area contributed by atoms with E-state index >= 15 is 0 Å². The van der Waals surface area contributed by atoms with Crippen molar-refractivity contribution in [3.05, 3.63) is 79.6 Å². The predicted molar refractivity (Wildman–Crippen MR) is 92.8 cm³/mol. The lowest BCUT2D eigenvalue weighted by Crippen LogP contribution is -2.09. The number of allylic oxidation sites excluding steroid dienone is 4. The Bertz CT molecular complexity index is 948. The maximum atomic E-state index is 12.9. The van der Waals surface area contributed by atoms with Crippen LogP contribution in [0, 0.1) is 17.9 Å². The Morgan fingerprint density at radius 2 is 1.61 bits per heavy atom. The van der Waals surface area contributed by atoms with Crippen molar-refractivity contribution in [3.63, 3.8) is 0 Å².